The molecule has 0 bridgehead atoms. The molecule has 1 atom stereocenters. The van der Waals surface area contributed by atoms with Crippen LogP contribution in [-0.4, -0.2) is 58.7 Å². The first-order valence-electron chi connectivity index (χ1n) is 9.31. The van der Waals surface area contributed by atoms with Crippen LogP contribution in [0.5, 0.6) is 5.75 Å². The highest BCUT2D eigenvalue weighted by molar-refractivity contribution is 7.15. The Kier molecular flexibility index (Phi) is 6.09. The molecule has 0 spiro atoms. The Hall–Kier alpha value is -2.40. The van der Waals surface area contributed by atoms with Gasteiger partial charge in [-0.2, -0.15) is 0 Å². The monoisotopic (exact) mass is 453 g/mol. The van der Waals surface area contributed by atoms with Crippen LogP contribution in [0.1, 0.15) is 29.6 Å². The fourth-order valence-electron chi connectivity index (χ4n) is 3.52. The van der Waals surface area contributed by atoms with E-state index in [4.69, 9.17) is 25.5 Å². The van der Waals surface area contributed by atoms with Gasteiger partial charge in [-0.1, -0.05) is 11.6 Å². The lowest BCUT2D eigenvalue weighted by molar-refractivity contribution is -0.135. The van der Waals surface area contributed by atoms with Gasteiger partial charge in [-0.15, -0.1) is 11.3 Å². The second-order valence-electron chi connectivity index (χ2n) is 6.82. The van der Waals surface area contributed by atoms with Gasteiger partial charge in [-0.05, 0) is 0 Å². The number of aromatic hydroxyl groups is 1. The van der Waals surface area contributed by atoms with Gasteiger partial charge < -0.3 is 23.9 Å². The van der Waals surface area contributed by atoms with Crippen LogP contribution >= 0.6 is 22.9 Å². The number of rotatable bonds is 6. The summed E-state index contributed by atoms with van der Waals surface area (Å²) in [6.45, 7) is 1.91. The zero-order valence-corrected chi connectivity index (χ0v) is 17.7. The molecule has 30 heavy (non-hydrogen) atoms. The van der Waals surface area contributed by atoms with Crippen molar-refractivity contribution in [1.29, 1.82) is 0 Å². The van der Waals surface area contributed by atoms with Crippen molar-refractivity contribution in [3.05, 3.63) is 50.2 Å². The molecule has 1 N–H and O–H groups in total. The van der Waals surface area contributed by atoms with Gasteiger partial charge in [-0.25, -0.2) is 4.98 Å². The molecular weight excluding hydrogens is 434 g/mol. The Morgan fingerprint density at radius 3 is 2.93 bits per heavy atom. The van der Waals surface area contributed by atoms with Crippen LogP contribution in [0.25, 0.3) is 4.96 Å². The molecule has 1 fully saturated rings. The Bertz CT molecular complexity index is 1120. The summed E-state index contributed by atoms with van der Waals surface area (Å²) in [5.41, 5.74) is -0.142. The predicted molar refractivity (Wildman–Crippen MR) is 109 cm³/mol. The first-order valence-corrected chi connectivity index (χ1v) is 10.6. The number of carbonyl (C=O) groups excluding carboxylic acids is 1. The Morgan fingerprint density at radius 2 is 2.20 bits per heavy atom. The molecule has 1 aliphatic rings. The number of aromatic nitrogens is 2. The largest absolute Gasteiger partial charge is 0.502 e. The maximum absolute atomic E-state index is 13.0. The van der Waals surface area contributed by atoms with E-state index >= 15 is 0 Å². The number of morpholine rings is 1. The minimum atomic E-state index is -0.818. The number of hydrogen-bond donors (Lipinski definition) is 1. The molecular formula is C19H20ClN3O6S. The lowest BCUT2D eigenvalue weighted by atomic mass is 9.96. The van der Waals surface area contributed by atoms with E-state index in [1.807, 2.05) is 5.38 Å². The molecule has 160 valence electrons. The molecule has 1 aliphatic heterocycles. The number of amides is 1. The zero-order chi connectivity index (χ0) is 21.3. The van der Waals surface area contributed by atoms with Gasteiger partial charge in [0, 0.05) is 44.3 Å². The standard InChI is InChI=1S/C19H20ClN3O6S/c1-27-10-11-8-13(24)16(26)17(29-11)12(9-14(25)22-2-5-28-6-3-22)15-18(20)21-19-23(15)4-7-30-19/h4,7-8,12,26H,2-3,5-6,9-10H2,1H3. The molecule has 3 aromatic rings. The third-order valence-corrected chi connectivity index (χ3v) is 5.96. The van der Waals surface area contributed by atoms with E-state index in [0.717, 1.165) is 0 Å². The highest BCUT2D eigenvalue weighted by Crippen LogP contribution is 2.38. The Labute approximate surface area is 180 Å². The average Bonchev–Trinajstić information content (AvgIpc) is 3.30. The molecule has 0 radical (unpaired) electrons. The molecule has 0 saturated carbocycles. The summed E-state index contributed by atoms with van der Waals surface area (Å²) < 4.78 is 17.9. The van der Waals surface area contributed by atoms with Crippen molar-refractivity contribution in [3.8, 4) is 5.75 Å². The smallest absolute Gasteiger partial charge is 0.227 e. The van der Waals surface area contributed by atoms with Gasteiger partial charge in [0.15, 0.2) is 15.9 Å². The third kappa shape index (κ3) is 3.95. The van der Waals surface area contributed by atoms with Crippen molar-refractivity contribution < 1.29 is 23.8 Å². The van der Waals surface area contributed by atoms with Crippen LogP contribution in [0.2, 0.25) is 5.15 Å². The van der Waals surface area contributed by atoms with E-state index in [1.54, 1.807) is 15.5 Å². The fraction of sp³-hybridized carbons (Fsp3) is 0.421. The van der Waals surface area contributed by atoms with Crippen molar-refractivity contribution in [2.24, 2.45) is 0 Å². The lowest BCUT2D eigenvalue weighted by Crippen LogP contribution is -2.41. The summed E-state index contributed by atoms with van der Waals surface area (Å²) in [7, 11) is 1.47. The Balaban J connectivity index is 1.82. The van der Waals surface area contributed by atoms with E-state index in [1.165, 1.54) is 24.5 Å². The van der Waals surface area contributed by atoms with Crippen LogP contribution in [0.4, 0.5) is 0 Å². The first-order chi connectivity index (χ1) is 14.5. The highest BCUT2D eigenvalue weighted by Gasteiger charge is 2.33. The maximum atomic E-state index is 13.0. The third-order valence-electron chi connectivity index (χ3n) is 4.93. The molecule has 0 aliphatic carbocycles. The van der Waals surface area contributed by atoms with Crippen molar-refractivity contribution in [2.75, 3.05) is 33.4 Å². The predicted octanol–water partition coefficient (Wildman–Crippen LogP) is 2.24. The quantitative estimate of drug-likeness (QED) is 0.609. The van der Waals surface area contributed by atoms with E-state index in [9.17, 15) is 14.7 Å². The lowest BCUT2D eigenvalue weighted by Gasteiger charge is -2.28. The fourth-order valence-corrected chi connectivity index (χ4v) is 4.60. The average molecular weight is 454 g/mol. The van der Waals surface area contributed by atoms with Crippen LogP contribution < -0.4 is 5.43 Å². The van der Waals surface area contributed by atoms with Gasteiger partial charge in [0.2, 0.25) is 17.1 Å². The van der Waals surface area contributed by atoms with E-state index in [-0.39, 0.29) is 35.6 Å². The minimum Gasteiger partial charge on any atom is -0.502 e. The minimum absolute atomic E-state index is 0.0361. The van der Waals surface area contributed by atoms with Crippen molar-refractivity contribution in [1.82, 2.24) is 14.3 Å². The van der Waals surface area contributed by atoms with Crippen LogP contribution in [0, 0.1) is 0 Å². The number of hydrogen-bond acceptors (Lipinski definition) is 8. The van der Waals surface area contributed by atoms with Gasteiger partial charge in [0.1, 0.15) is 12.4 Å². The Morgan fingerprint density at radius 1 is 1.43 bits per heavy atom. The van der Waals surface area contributed by atoms with Crippen LogP contribution in [-0.2, 0) is 20.9 Å². The van der Waals surface area contributed by atoms with Crippen LogP contribution in [0.15, 0.2) is 26.9 Å². The molecule has 4 rings (SSSR count). The molecule has 1 unspecified atom stereocenters. The normalized spacial score (nSPS) is 15.6. The van der Waals surface area contributed by atoms with Crippen molar-refractivity contribution in [2.45, 2.75) is 18.9 Å². The van der Waals surface area contributed by atoms with Crippen molar-refractivity contribution in [3.63, 3.8) is 0 Å². The van der Waals surface area contributed by atoms with E-state index in [2.05, 4.69) is 4.98 Å². The van der Waals surface area contributed by atoms with E-state index < -0.39 is 17.1 Å². The number of halogens is 1. The number of imidazole rings is 1. The number of thiazole rings is 1. The zero-order valence-electron chi connectivity index (χ0n) is 16.2. The van der Waals surface area contributed by atoms with Gasteiger partial charge in [0.25, 0.3) is 0 Å². The topological polar surface area (TPSA) is 107 Å². The summed E-state index contributed by atoms with van der Waals surface area (Å²) >= 11 is 7.80. The number of nitrogens with zero attached hydrogens (tertiary/aromatic N) is 3. The summed E-state index contributed by atoms with van der Waals surface area (Å²) in [6, 6.07) is 1.17. The summed E-state index contributed by atoms with van der Waals surface area (Å²) in [5, 5.41) is 12.5. The van der Waals surface area contributed by atoms with Gasteiger partial charge in [0.05, 0.1) is 24.8 Å². The summed E-state index contributed by atoms with van der Waals surface area (Å²) in [6.07, 6.45) is 1.71. The molecule has 9 nitrogen and oxygen atoms in total. The molecule has 3 aromatic heterocycles. The number of ether oxygens (including phenoxy) is 2. The molecule has 0 aromatic carbocycles. The van der Waals surface area contributed by atoms with E-state index in [0.29, 0.717) is 37.0 Å². The molecule has 11 heteroatoms. The first kappa shape index (κ1) is 20.9. The maximum Gasteiger partial charge on any atom is 0.227 e. The molecule has 1 amide bonds. The number of carbonyl (C=O) groups is 1. The summed E-state index contributed by atoms with van der Waals surface area (Å²) in [5.74, 6) is -1.34. The van der Waals surface area contributed by atoms with Crippen molar-refractivity contribution >= 4 is 33.8 Å². The number of fused-ring (bicyclic) bond motifs is 1. The SMILES string of the molecule is COCc1cc(=O)c(O)c(C(CC(=O)N2CCOCC2)c2c(Cl)nc3sccn23)o1. The summed E-state index contributed by atoms with van der Waals surface area (Å²) in [4.78, 5) is 32.1. The van der Waals surface area contributed by atoms with Crippen LogP contribution in [0.3, 0.4) is 0 Å². The molecule has 1 saturated heterocycles. The number of methoxy groups -OCH3 is 1. The second kappa shape index (κ2) is 8.76. The molecule has 4 heterocycles. The highest BCUT2D eigenvalue weighted by atomic mass is 35.5. The second-order valence-corrected chi connectivity index (χ2v) is 8.05. The van der Waals surface area contributed by atoms with Gasteiger partial charge in [-0.3, -0.25) is 14.0 Å². The van der Waals surface area contributed by atoms with Gasteiger partial charge >= 0.3 is 0 Å².